The normalized spacial score (nSPS) is 15.8. The molecule has 1 N–H and O–H groups in total. The number of carbonyl (C=O) groups excluding carboxylic acids is 2. The molecule has 2 fully saturated rings. The highest BCUT2D eigenvalue weighted by molar-refractivity contribution is 6.64. The Morgan fingerprint density at radius 2 is 1.40 bits per heavy atom. The maximum atomic E-state index is 11.0. The van der Waals surface area contributed by atoms with E-state index in [0.29, 0.717) is 19.8 Å². The van der Waals surface area contributed by atoms with Crippen molar-refractivity contribution in [2.45, 2.75) is 65.6 Å². The van der Waals surface area contributed by atoms with E-state index in [-0.39, 0.29) is 41.9 Å². The average molecular weight is 381 g/mol. The van der Waals surface area contributed by atoms with Crippen molar-refractivity contribution in [1.29, 1.82) is 0 Å². The molecule has 0 aromatic heterocycles. The van der Waals surface area contributed by atoms with Gasteiger partial charge in [0.1, 0.15) is 6.61 Å². The molecule has 2 aliphatic rings. The Labute approximate surface area is 156 Å². The Morgan fingerprint density at radius 3 is 1.68 bits per heavy atom. The van der Waals surface area contributed by atoms with E-state index in [9.17, 15) is 9.59 Å². The summed E-state index contributed by atoms with van der Waals surface area (Å²) in [5.41, 5.74) is 0. The number of rotatable bonds is 9. The molecule has 0 heterocycles. The summed E-state index contributed by atoms with van der Waals surface area (Å²) in [6.07, 6.45) is 4.50. The fourth-order valence-corrected chi connectivity index (χ4v) is 1.68. The van der Waals surface area contributed by atoms with Crippen molar-refractivity contribution >= 4 is 22.8 Å². The molecule has 2 aliphatic carbocycles. The van der Waals surface area contributed by atoms with Crippen LogP contribution in [0.3, 0.4) is 0 Å². The van der Waals surface area contributed by atoms with E-state index in [4.69, 9.17) is 30.9 Å². The molecule has 6 nitrogen and oxygen atoms in total. The number of ether oxygens (including phenoxy) is 3. The van der Waals surface area contributed by atoms with Crippen LogP contribution in [0.5, 0.6) is 0 Å². The van der Waals surface area contributed by atoms with Crippen LogP contribution in [0.25, 0.3) is 0 Å². The SMILES string of the molecule is CC(C)OCCO.CC(C)OCCOC(=O)C1CC1.O=C(Cl)C1CC1. The molecule has 2 rings (SSSR count). The zero-order valence-electron chi connectivity index (χ0n) is 15.8. The van der Waals surface area contributed by atoms with Crippen LogP contribution < -0.4 is 0 Å². The van der Waals surface area contributed by atoms with Crippen LogP contribution in [0, 0.1) is 11.8 Å². The van der Waals surface area contributed by atoms with E-state index < -0.39 is 0 Å². The molecule has 0 saturated heterocycles. The Hall–Kier alpha value is -0.690. The van der Waals surface area contributed by atoms with E-state index in [2.05, 4.69) is 0 Å². The van der Waals surface area contributed by atoms with Gasteiger partial charge in [-0.25, -0.2) is 0 Å². The summed E-state index contributed by atoms with van der Waals surface area (Å²) >= 11 is 5.04. The lowest BCUT2D eigenvalue weighted by Gasteiger charge is -2.07. The van der Waals surface area contributed by atoms with Crippen molar-refractivity contribution in [1.82, 2.24) is 0 Å². The van der Waals surface area contributed by atoms with Gasteiger partial charge >= 0.3 is 5.97 Å². The maximum Gasteiger partial charge on any atom is 0.309 e. The molecule has 0 bridgehead atoms. The molecule has 2 saturated carbocycles. The monoisotopic (exact) mass is 380 g/mol. The lowest BCUT2D eigenvalue weighted by atomic mass is 10.4. The third-order valence-electron chi connectivity index (χ3n) is 3.13. The standard InChI is InChI=1S/C9H16O3.C5H12O2.C4H5ClO/c1-7(2)11-5-6-12-9(10)8-3-4-8;1-5(2)7-4-3-6;5-4(6)3-1-2-3/h7-8H,3-6H2,1-2H3;5-6H,3-4H2,1-2H3;3H,1-2H2. The van der Waals surface area contributed by atoms with E-state index in [1.54, 1.807) is 0 Å². The first-order valence-corrected chi connectivity index (χ1v) is 9.35. The van der Waals surface area contributed by atoms with Crippen LogP contribution in [0.2, 0.25) is 0 Å². The summed E-state index contributed by atoms with van der Waals surface area (Å²) < 4.78 is 15.1. The van der Waals surface area contributed by atoms with Gasteiger partial charge in [-0.05, 0) is 65.0 Å². The second kappa shape index (κ2) is 14.5. The van der Waals surface area contributed by atoms with Gasteiger partial charge < -0.3 is 19.3 Å². The molecule has 0 unspecified atom stereocenters. The van der Waals surface area contributed by atoms with Crippen LogP contribution in [-0.2, 0) is 23.8 Å². The molecular formula is C18H33ClO6. The largest absolute Gasteiger partial charge is 0.463 e. The maximum absolute atomic E-state index is 11.0. The first-order chi connectivity index (χ1) is 11.8. The Morgan fingerprint density at radius 1 is 0.920 bits per heavy atom. The lowest BCUT2D eigenvalue weighted by Crippen LogP contribution is -2.14. The quantitative estimate of drug-likeness (QED) is 0.376. The van der Waals surface area contributed by atoms with Gasteiger partial charge in [-0.1, -0.05) is 0 Å². The van der Waals surface area contributed by atoms with Crippen LogP contribution in [0.15, 0.2) is 0 Å². The van der Waals surface area contributed by atoms with E-state index in [1.807, 2.05) is 27.7 Å². The van der Waals surface area contributed by atoms with Gasteiger partial charge in [0.2, 0.25) is 5.24 Å². The molecule has 0 aromatic carbocycles. The summed E-state index contributed by atoms with van der Waals surface area (Å²) in [6, 6.07) is 0. The van der Waals surface area contributed by atoms with Crippen molar-refractivity contribution < 1.29 is 28.9 Å². The van der Waals surface area contributed by atoms with Gasteiger partial charge in [0.15, 0.2) is 0 Å². The average Bonchev–Trinajstić information content (AvgIpc) is 3.41. The number of carbonyl (C=O) groups is 2. The molecule has 0 atom stereocenters. The number of aliphatic hydroxyl groups excluding tert-OH is 1. The topological polar surface area (TPSA) is 82.1 Å². The molecule has 148 valence electrons. The second-order valence-electron chi connectivity index (χ2n) is 6.58. The number of hydrogen-bond donors (Lipinski definition) is 1. The zero-order chi connectivity index (χ0) is 19.2. The highest BCUT2D eigenvalue weighted by Crippen LogP contribution is 2.30. The van der Waals surface area contributed by atoms with Crippen molar-refractivity contribution in [2.24, 2.45) is 11.8 Å². The van der Waals surface area contributed by atoms with Crippen LogP contribution in [-0.4, -0.2) is 55.0 Å². The number of aliphatic hydroxyl groups is 1. The highest BCUT2D eigenvalue weighted by atomic mass is 35.5. The molecule has 0 spiro atoms. The Balaban J connectivity index is 0.000000377. The number of hydrogen-bond acceptors (Lipinski definition) is 6. The van der Waals surface area contributed by atoms with Gasteiger partial charge in [0.05, 0.1) is 37.9 Å². The van der Waals surface area contributed by atoms with E-state index in [1.165, 1.54) is 0 Å². The molecule has 7 heteroatoms. The summed E-state index contributed by atoms with van der Waals surface area (Å²) in [4.78, 5) is 20.9. The minimum Gasteiger partial charge on any atom is -0.463 e. The highest BCUT2D eigenvalue weighted by Gasteiger charge is 2.31. The molecule has 0 amide bonds. The Kier molecular flexibility index (Phi) is 14.1. The minimum atomic E-state index is -0.157. The third kappa shape index (κ3) is 17.9. The molecular weight excluding hydrogens is 348 g/mol. The fraction of sp³-hybridized carbons (Fsp3) is 0.889. The minimum absolute atomic E-state index is 0.0534. The van der Waals surface area contributed by atoms with E-state index >= 15 is 0 Å². The van der Waals surface area contributed by atoms with Crippen molar-refractivity contribution in [3.05, 3.63) is 0 Å². The zero-order valence-corrected chi connectivity index (χ0v) is 16.6. The summed E-state index contributed by atoms with van der Waals surface area (Å²) in [5, 5.41) is 8.03. The predicted molar refractivity (Wildman–Crippen MR) is 96.5 cm³/mol. The predicted octanol–water partition coefficient (Wildman–Crippen LogP) is 2.93. The summed E-state index contributed by atoms with van der Waals surface area (Å²) in [6.45, 7) is 9.29. The van der Waals surface area contributed by atoms with Crippen molar-refractivity contribution in [3.8, 4) is 0 Å². The van der Waals surface area contributed by atoms with Gasteiger partial charge in [-0.3, -0.25) is 9.59 Å². The molecule has 0 aromatic rings. The molecule has 0 aliphatic heterocycles. The second-order valence-corrected chi connectivity index (χ2v) is 6.96. The smallest absolute Gasteiger partial charge is 0.309 e. The van der Waals surface area contributed by atoms with Gasteiger partial charge in [-0.15, -0.1) is 0 Å². The van der Waals surface area contributed by atoms with Crippen molar-refractivity contribution in [3.63, 3.8) is 0 Å². The Bertz CT molecular complexity index is 365. The van der Waals surface area contributed by atoms with E-state index in [0.717, 1.165) is 25.7 Å². The summed E-state index contributed by atoms with van der Waals surface area (Å²) in [5.74, 6) is 0.373. The lowest BCUT2D eigenvalue weighted by molar-refractivity contribution is -0.147. The number of esters is 1. The third-order valence-corrected chi connectivity index (χ3v) is 3.44. The first-order valence-electron chi connectivity index (χ1n) is 8.97. The molecule has 0 radical (unpaired) electrons. The van der Waals surface area contributed by atoms with Gasteiger partial charge in [0, 0.05) is 5.92 Å². The van der Waals surface area contributed by atoms with Crippen LogP contribution >= 0.6 is 11.6 Å². The van der Waals surface area contributed by atoms with Crippen LogP contribution in [0.1, 0.15) is 53.4 Å². The molecule has 25 heavy (non-hydrogen) atoms. The first kappa shape index (κ1) is 24.3. The fourth-order valence-electron chi connectivity index (χ4n) is 1.46. The van der Waals surface area contributed by atoms with Gasteiger partial charge in [0.25, 0.3) is 0 Å². The summed E-state index contributed by atoms with van der Waals surface area (Å²) in [7, 11) is 0. The van der Waals surface area contributed by atoms with Crippen molar-refractivity contribution in [2.75, 3.05) is 26.4 Å². The van der Waals surface area contributed by atoms with Crippen LogP contribution in [0.4, 0.5) is 0 Å². The van der Waals surface area contributed by atoms with Gasteiger partial charge in [-0.2, -0.15) is 0 Å². The number of halogens is 1.